The van der Waals surface area contributed by atoms with Crippen molar-refractivity contribution >= 4 is 80.3 Å². The summed E-state index contributed by atoms with van der Waals surface area (Å²) < 4.78 is 113. The van der Waals surface area contributed by atoms with Gasteiger partial charge in [0.15, 0.2) is 11.5 Å². The molecule has 0 aliphatic carbocycles. The second-order valence-corrected chi connectivity index (χ2v) is 15.7. The highest BCUT2D eigenvalue weighted by Crippen LogP contribution is 2.46. The third-order valence-corrected chi connectivity index (χ3v) is 10.8. The minimum atomic E-state index is -5.05. The lowest BCUT2D eigenvalue weighted by Gasteiger charge is -2.12. The van der Waals surface area contributed by atoms with Gasteiger partial charge in [0.25, 0.3) is 30.4 Å². The number of hydrogen-bond donors (Lipinski definition) is 6. The number of phenols is 2. The van der Waals surface area contributed by atoms with Gasteiger partial charge >= 0.3 is 0 Å². The van der Waals surface area contributed by atoms with Crippen LogP contribution < -0.4 is 15.2 Å². The molecule has 0 saturated carbocycles. The first kappa shape index (κ1) is 38.5. The van der Waals surface area contributed by atoms with E-state index in [1.54, 1.807) is 18.2 Å². The summed E-state index contributed by atoms with van der Waals surface area (Å²) in [6, 6.07) is 18.8. The third-order valence-electron chi connectivity index (χ3n) is 8.16. The zero-order valence-electron chi connectivity index (χ0n) is 28.2. The highest BCUT2D eigenvalue weighted by molar-refractivity contribution is 7.86. The summed E-state index contributed by atoms with van der Waals surface area (Å²) in [5, 5.41) is 37.5. The van der Waals surface area contributed by atoms with E-state index >= 15 is 0 Å². The Kier molecular flexibility index (Phi) is 9.94. The number of aromatic hydroxyl groups is 2. The van der Waals surface area contributed by atoms with Crippen molar-refractivity contribution in [3.63, 3.8) is 0 Å². The van der Waals surface area contributed by atoms with E-state index in [9.17, 15) is 49.1 Å². The average molecular weight is 810 g/mol. The molecule has 0 saturated heterocycles. The van der Waals surface area contributed by atoms with Crippen LogP contribution in [0, 0.1) is 0 Å². The molecule has 6 aromatic rings. The van der Waals surface area contributed by atoms with Crippen LogP contribution in [-0.2, 0) is 30.4 Å². The van der Waals surface area contributed by atoms with E-state index in [1.165, 1.54) is 62.8 Å². The summed E-state index contributed by atoms with van der Waals surface area (Å²) >= 11 is 0. The molecule has 0 unspecified atom stereocenters. The number of nitrogens with zero attached hydrogens (tertiary/aromatic N) is 4. The quantitative estimate of drug-likeness (QED) is 0.0451. The number of rotatable bonds is 10. The van der Waals surface area contributed by atoms with Gasteiger partial charge in [-0.25, -0.2) is 0 Å². The maximum Gasteiger partial charge on any atom is 0.296 e. The first-order chi connectivity index (χ1) is 25.8. The van der Waals surface area contributed by atoms with Crippen LogP contribution in [0.4, 0.5) is 28.4 Å². The van der Waals surface area contributed by atoms with Crippen molar-refractivity contribution in [2.75, 3.05) is 20.0 Å². The minimum absolute atomic E-state index is 0.00000351. The van der Waals surface area contributed by atoms with Crippen LogP contribution in [0.15, 0.2) is 120 Å². The molecule has 0 fully saturated rings. The van der Waals surface area contributed by atoms with E-state index in [4.69, 9.17) is 15.2 Å². The van der Waals surface area contributed by atoms with Crippen LogP contribution in [0.5, 0.6) is 23.0 Å². The molecular weight excluding hydrogens is 783 g/mol. The van der Waals surface area contributed by atoms with Gasteiger partial charge in [-0.3, -0.25) is 13.7 Å². The summed E-state index contributed by atoms with van der Waals surface area (Å²) in [5.41, 5.74) is 5.87. The standard InChI is InChI=1S/C34H27N5O13S3/c1-51-25-13-17(6-10-23(25)36-38-31-29(55(48,49)50)16-20-12-21(35)8-9-22(20)33(31)40)18-7-11-24(26(14-18)52-2)37-39-32-28(54(45,46)47)15-19-4-3-5-27(53(42,43)44)30(19)34(32)41/h3-16,40-41H,35H2,1-2H3,(H,42,43,44)(H,45,46,47)(H,48,49,50). The Labute approximate surface area is 312 Å². The van der Waals surface area contributed by atoms with E-state index in [-0.39, 0.29) is 39.0 Å². The number of anilines is 1. The molecule has 55 heavy (non-hydrogen) atoms. The number of nitrogen functional groups attached to an aromatic ring is 1. The molecule has 0 aromatic heterocycles. The van der Waals surface area contributed by atoms with Gasteiger partial charge in [0.05, 0.1) is 14.2 Å². The smallest absolute Gasteiger partial charge is 0.296 e. The van der Waals surface area contributed by atoms with E-state index in [1.807, 2.05) is 0 Å². The fraction of sp³-hybridized carbons (Fsp3) is 0.0588. The van der Waals surface area contributed by atoms with Crippen molar-refractivity contribution < 1.29 is 58.6 Å². The molecule has 18 nitrogen and oxygen atoms in total. The predicted octanol–water partition coefficient (Wildman–Crippen LogP) is 7.24. The van der Waals surface area contributed by atoms with Crippen molar-refractivity contribution in [2.45, 2.75) is 14.7 Å². The fourth-order valence-corrected chi connectivity index (χ4v) is 7.66. The monoisotopic (exact) mass is 809 g/mol. The summed E-state index contributed by atoms with van der Waals surface area (Å²) in [5.74, 6) is -1.33. The van der Waals surface area contributed by atoms with Crippen LogP contribution in [0.2, 0.25) is 0 Å². The molecule has 6 aromatic carbocycles. The average Bonchev–Trinajstić information content (AvgIpc) is 3.12. The predicted molar refractivity (Wildman–Crippen MR) is 198 cm³/mol. The minimum Gasteiger partial charge on any atom is -0.505 e. The second-order valence-electron chi connectivity index (χ2n) is 11.6. The molecule has 0 aliphatic heterocycles. The molecule has 0 radical (unpaired) electrons. The zero-order chi connectivity index (χ0) is 40.0. The van der Waals surface area contributed by atoms with Crippen LogP contribution in [0.25, 0.3) is 32.7 Å². The molecule has 0 aliphatic rings. The number of benzene rings is 6. The topological polar surface area (TPSA) is 297 Å². The first-order valence-corrected chi connectivity index (χ1v) is 19.6. The summed E-state index contributed by atoms with van der Waals surface area (Å²) in [6.45, 7) is 0. The number of azo groups is 2. The van der Waals surface area contributed by atoms with Gasteiger partial charge in [-0.1, -0.05) is 24.3 Å². The molecule has 0 atom stereocenters. The van der Waals surface area contributed by atoms with Crippen molar-refractivity contribution in [1.29, 1.82) is 0 Å². The van der Waals surface area contributed by atoms with E-state index in [0.29, 0.717) is 16.8 Å². The Hall–Kier alpha value is -6.23. The molecule has 21 heteroatoms. The van der Waals surface area contributed by atoms with Crippen molar-refractivity contribution in [3.8, 4) is 34.1 Å². The number of nitrogens with two attached hydrogens (primary N) is 1. The number of phenolic OH excluding ortho intramolecular Hbond substituents is 2. The molecule has 0 bridgehead atoms. The zero-order valence-corrected chi connectivity index (χ0v) is 30.6. The van der Waals surface area contributed by atoms with Crippen LogP contribution in [0.3, 0.4) is 0 Å². The number of fused-ring (bicyclic) bond motifs is 2. The van der Waals surface area contributed by atoms with Crippen LogP contribution in [-0.4, -0.2) is 63.3 Å². The maximum absolute atomic E-state index is 12.3. The lowest BCUT2D eigenvalue weighted by atomic mass is 10.0. The van der Waals surface area contributed by atoms with Gasteiger partial charge in [0.1, 0.15) is 48.9 Å². The van der Waals surface area contributed by atoms with Gasteiger partial charge in [0.2, 0.25) is 0 Å². The molecule has 0 spiro atoms. The van der Waals surface area contributed by atoms with Crippen molar-refractivity contribution in [3.05, 3.63) is 84.9 Å². The molecule has 284 valence electrons. The highest BCUT2D eigenvalue weighted by atomic mass is 32.2. The Balaban J connectivity index is 1.38. The lowest BCUT2D eigenvalue weighted by molar-refractivity contribution is 0.415. The largest absolute Gasteiger partial charge is 0.505 e. The Bertz CT molecular complexity index is 2970. The maximum atomic E-state index is 12.3. The van der Waals surface area contributed by atoms with Crippen molar-refractivity contribution in [1.82, 2.24) is 0 Å². The SMILES string of the molecule is COc1cc(-c2ccc(N=Nc3c(S(=O)(=O)O)cc4cccc(S(=O)(=O)O)c4c3O)c(OC)c2)ccc1N=Nc1c(S(=O)(=O)O)cc2cc(N)ccc2c1O. The van der Waals surface area contributed by atoms with E-state index < -0.39 is 73.3 Å². The second kappa shape index (κ2) is 14.2. The Morgan fingerprint density at radius 1 is 0.545 bits per heavy atom. The summed E-state index contributed by atoms with van der Waals surface area (Å²) in [4.78, 5) is -2.35. The Morgan fingerprint density at radius 3 is 1.53 bits per heavy atom. The van der Waals surface area contributed by atoms with Gasteiger partial charge in [-0.05, 0) is 82.6 Å². The van der Waals surface area contributed by atoms with Crippen molar-refractivity contribution in [2.24, 2.45) is 20.5 Å². The molecule has 0 amide bonds. The normalized spacial score (nSPS) is 12.6. The first-order valence-electron chi connectivity index (χ1n) is 15.3. The molecule has 6 rings (SSSR count). The third kappa shape index (κ3) is 7.60. The lowest BCUT2D eigenvalue weighted by Crippen LogP contribution is -2.02. The van der Waals surface area contributed by atoms with Gasteiger partial charge in [-0.15, -0.1) is 20.5 Å². The fourth-order valence-electron chi connectivity index (χ4n) is 5.63. The number of hydrogen-bond acceptors (Lipinski definition) is 15. The van der Waals surface area contributed by atoms with Gasteiger partial charge in [-0.2, -0.15) is 25.3 Å². The highest BCUT2D eigenvalue weighted by Gasteiger charge is 2.26. The number of methoxy groups -OCH3 is 2. The van der Waals surface area contributed by atoms with Gasteiger partial charge in [0, 0.05) is 16.5 Å². The Morgan fingerprint density at radius 2 is 1.04 bits per heavy atom. The number of ether oxygens (including phenoxy) is 2. The molecule has 0 heterocycles. The van der Waals surface area contributed by atoms with E-state index in [0.717, 1.165) is 18.2 Å². The van der Waals surface area contributed by atoms with E-state index in [2.05, 4.69) is 20.5 Å². The molecule has 7 N–H and O–H groups in total. The van der Waals surface area contributed by atoms with Gasteiger partial charge < -0.3 is 25.4 Å². The summed E-state index contributed by atoms with van der Waals surface area (Å²) in [6.07, 6.45) is 0. The van der Waals surface area contributed by atoms with Crippen LogP contribution >= 0.6 is 0 Å². The molecular formula is C34H27N5O13S3. The van der Waals surface area contributed by atoms with Crippen LogP contribution in [0.1, 0.15) is 0 Å². The summed E-state index contributed by atoms with van der Waals surface area (Å²) in [7, 11) is -12.2.